The van der Waals surface area contributed by atoms with Gasteiger partial charge in [0.1, 0.15) is 23.9 Å². The number of methoxy groups -OCH3 is 1. The fraction of sp³-hybridized carbons (Fsp3) is 0.240. The summed E-state index contributed by atoms with van der Waals surface area (Å²) in [6.07, 6.45) is 0. The monoisotopic (exact) mass is 407 g/mol. The lowest BCUT2D eigenvalue weighted by Gasteiger charge is -2.19. The summed E-state index contributed by atoms with van der Waals surface area (Å²) >= 11 is 0. The van der Waals surface area contributed by atoms with Crippen LogP contribution in [0, 0.1) is 5.82 Å². The highest BCUT2D eigenvalue weighted by Crippen LogP contribution is 2.26. The molecule has 3 aromatic carbocycles. The molecule has 3 aromatic rings. The van der Waals surface area contributed by atoms with Gasteiger partial charge in [0, 0.05) is 11.1 Å². The van der Waals surface area contributed by atoms with Crippen molar-refractivity contribution in [3.63, 3.8) is 0 Å². The van der Waals surface area contributed by atoms with E-state index in [9.17, 15) is 9.18 Å². The number of hydrogen-bond acceptors (Lipinski definition) is 3. The van der Waals surface area contributed by atoms with Gasteiger partial charge >= 0.3 is 0 Å². The zero-order valence-corrected chi connectivity index (χ0v) is 17.7. The summed E-state index contributed by atoms with van der Waals surface area (Å²) in [5.74, 6) is 0.454. The Bertz CT molecular complexity index is 1020. The van der Waals surface area contributed by atoms with Gasteiger partial charge in [-0.25, -0.2) is 4.39 Å². The number of benzene rings is 3. The molecule has 0 saturated carbocycles. The molecule has 0 atom stereocenters. The van der Waals surface area contributed by atoms with E-state index in [2.05, 4.69) is 26.1 Å². The van der Waals surface area contributed by atoms with E-state index in [4.69, 9.17) is 9.47 Å². The maximum atomic E-state index is 13.8. The van der Waals surface area contributed by atoms with Crippen LogP contribution in [0.3, 0.4) is 0 Å². The van der Waals surface area contributed by atoms with Crippen LogP contribution in [0.4, 0.5) is 10.1 Å². The molecule has 3 rings (SSSR count). The maximum Gasteiger partial charge on any atom is 0.255 e. The first-order valence-electron chi connectivity index (χ1n) is 9.74. The van der Waals surface area contributed by atoms with Crippen molar-refractivity contribution < 1.29 is 18.7 Å². The molecule has 0 aliphatic heterocycles. The van der Waals surface area contributed by atoms with E-state index in [1.54, 1.807) is 37.4 Å². The van der Waals surface area contributed by atoms with Gasteiger partial charge in [-0.3, -0.25) is 4.79 Å². The van der Waals surface area contributed by atoms with Crippen molar-refractivity contribution >= 4 is 11.6 Å². The van der Waals surface area contributed by atoms with Gasteiger partial charge in [-0.2, -0.15) is 0 Å². The number of carbonyl (C=O) groups excluding carboxylic acids is 1. The summed E-state index contributed by atoms with van der Waals surface area (Å²) < 4.78 is 25.1. The van der Waals surface area contributed by atoms with E-state index in [1.807, 2.05) is 24.3 Å². The third kappa shape index (κ3) is 5.17. The number of anilines is 1. The number of rotatable bonds is 6. The van der Waals surface area contributed by atoms with Crippen molar-refractivity contribution in [3.8, 4) is 11.5 Å². The number of carbonyl (C=O) groups is 1. The first-order valence-corrected chi connectivity index (χ1v) is 9.74. The van der Waals surface area contributed by atoms with Crippen molar-refractivity contribution in [1.29, 1.82) is 0 Å². The third-order valence-corrected chi connectivity index (χ3v) is 4.78. The van der Waals surface area contributed by atoms with Gasteiger partial charge in [0.2, 0.25) is 0 Å². The molecule has 30 heavy (non-hydrogen) atoms. The summed E-state index contributed by atoms with van der Waals surface area (Å²) in [4.78, 5) is 12.6. The molecule has 0 aliphatic carbocycles. The fourth-order valence-electron chi connectivity index (χ4n) is 3.00. The summed E-state index contributed by atoms with van der Waals surface area (Å²) in [5.41, 5.74) is 2.54. The van der Waals surface area contributed by atoms with Crippen molar-refractivity contribution in [3.05, 3.63) is 89.2 Å². The van der Waals surface area contributed by atoms with E-state index in [1.165, 1.54) is 17.7 Å². The summed E-state index contributed by atoms with van der Waals surface area (Å²) in [6, 6.07) is 19.0. The number of hydrogen-bond donors (Lipinski definition) is 1. The standard InChI is InChI=1S/C25H26FNO3/c1-25(2,3)19-10-12-20(13-11-19)30-16-18-15-17(9-14-23(18)29-4)24(28)27-22-8-6-5-7-21(22)26/h5-15H,16H2,1-4H3,(H,27,28). The average molecular weight is 407 g/mol. The molecule has 1 N–H and O–H groups in total. The summed E-state index contributed by atoms with van der Waals surface area (Å²) in [7, 11) is 1.57. The second-order valence-electron chi connectivity index (χ2n) is 8.02. The normalized spacial score (nSPS) is 11.1. The van der Waals surface area contributed by atoms with Gasteiger partial charge in [-0.15, -0.1) is 0 Å². The minimum Gasteiger partial charge on any atom is -0.496 e. The van der Waals surface area contributed by atoms with Crippen molar-refractivity contribution in [1.82, 2.24) is 0 Å². The number of amides is 1. The molecule has 0 heterocycles. The second-order valence-corrected chi connectivity index (χ2v) is 8.02. The predicted octanol–water partition coefficient (Wildman–Crippen LogP) is 5.96. The van der Waals surface area contributed by atoms with E-state index in [-0.39, 0.29) is 17.7 Å². The predicted molar refractivity (Wildman–Crippen MR) is 117 cm³/mol. The Morgan fingerprint density at radius 2 is 1.70 bits per heavy atom. The first-order chi connectivity index (χ1) is 14.3. The first kappa shape index (κ1) is 21.4. The number of para-hydroxylation sites is 1. The highest BCUT2D eigenvalue weighted by molar-refractivity contribution is 6.04. The molecule has 0 spiro atoms. The lowest BCUT2D eigenvalue weighted by atomic mass is 9.87. The molecule has 0 saturated heterocycles. The van der Waals surface area contributed by atoms with E-state index in [0.717, 1.165) is 11.3 Å². The molecular weight excluding hydrogens is 381 g/mol. The van der Waals surface area contributed by atoms with E-state index < -0.39 is 11.7 Å². The van der Waals surface area contributed by atoms with Crippen LogP contribution >= 0.6 is 0 Å². The van der Waals surface area contributed by atoms with Crippen molar-refractivity contribution in [2.24, 2.45) is 0 Å². The average Bonchev–Trinajstić information content (AvgIpc) is 2.73. The topological polar surface area (TPSA) is 47.6 Å². The van der Waals surface area contributed by atoms with E-state index in [0.29, 0.717) is 11.3 Å². The molecule has 0 bridgehead atoms. The lowest BCUT2D eigenvalue weighted by Crippen LogP contribution is -2.14. The van der Waals surface area contributed by atoms with Crippen LogP contribution in [0.5, 0.6) is 11.5 Å². The largest absolute Gasteiger partial charge is 0.496 e. The number of halogens is 1. The van der Waals surface area contributed by atoms with Gasteiger partial charge in [0.25, 0.3) is 5.91 Å². The van der Waals surface area contributed by atoms with Crippen LogP contribution in [0.1, 0.15) is 42.3 Å². The zero-order chi connectivity index (χ0) is 21.7. The molecule has 0 aliphatic rings. The van der Waals surface area contributed by atoms with Crippen LogP contribution < -0.4 is 14.8 Å². The highest BCUT2D eigenvalue weighted by Gasteiger charge is 2.15. The van der Waals surface area contributed by atoms with Gasteiger partial charge in [0.15, 0.2) is 0 Å². The summed E-state index contributed by atoms with van der Waals surface area (Å²) in [6.45, 7) is 6.71. The fourth-order valence-corrected chi connectivity index (χ4v) is 3.00. The molecule has 0 fully saturated rings. The summed E-state index contributed by atoms with van der Waals surface area (Å²) in [5, 5.41) is 2.59. The second kappa shape index (κ2) is 8.99. The quantitative estimate of drug-likeness (QED) is 0.548. The third-order valence-electron chi connectivity index (χ3n) is 4.78. The van der Waals surface area contributed by atoms with E-state index >= 15 is 0 Å². The Kier molecular flexibility index (Phi) is 6.40. The maximum absolute atomic E-state index is 13.8. The highest BCUT2D eigenvalue weighted by atomic mass is 19.1. The van der Waals surface area contributed by atoms with Gasteiger partial charge in [-0.1, -0.05) is 45.0 Å². The molecular formula is C25H26FNO3. The smallest absolute Gasteiger partial charge is 0.255 e. The zero-order valence-electron chi connectivity index (χ0n) is 17.7. The Morgan fingerprint density at radius 3 is 2.33 bits per heavy atom. The van der Waals surface area contributed by atoms with Crippen LogP contribution in [0.2, 0.25) is 0 Å². The van der Waals surface area contributed by atoms with Gasteiger partial charge in [-0.05, 0) is 53.4 Å². The molecule has 156 valence electrons. The number of nitrogens with one attached hydrogen (secondary N) is 1. The van der Waals surface area contributed by atoms with Crippen LogP contribution in [-0.4, -0.2) is 13.0 Å². The van der Waals surface area contributed by atoms with Gasteiger partial charge < -0.3 is 14.8 Å². The molecule has 1 amide bonds. The Balaban J connectivity index is 1.74. The SMILES string of the molecule is COc1ccc(C(=O)Nc2ccccc2F)cc1COc1ccc(C(C)(C)C)cc1. The van der Waals surface area contributed by atoms with Crippen LogP contribution in [0.25, 0.3) is 0 Å². The Hall–Kier alpha value is -3.34. The van der Waals surface area contributed by atoms with Crippen LogP contribution in [0.15, 0.2) is 66.7 Å². The molecule has 0 unspecified atom stereocenters. The molecule has 5 heteroatoms. The molecule has 0 aromatic heterocycles. The Morgan fingerprint density at radius 1 is 1.00 bits per heavy atom. The molecule has 0 radical (unpaired) electrons. The Labute approximate surface area is 176 Å². The van der Waals surface area contributed by atoms with Gasteiger partial charge in [0.05, 0.1) is 12.8 Å². The lowest BCUT2D eigenvalue weighted by molar-refractivity contribution is 0.102. The van der Waals surface area contributed by atoms with Crippen LogP contribution in [-0.2, 0) is 12.0 Å². The van der Waals surface area contributed by atoms with Crippen molar-refractivity contribution in [2.45, 2.75) is 32.8 Å². The molecule has 4 nitrogen and oxygen atoms in total. The van der Waals surface area contributed by atoms with Crippen molar-refractivity contribution in [2.75, 3.05) is 12.4 Å². The number of ether oxygens (including phenoxy) is 2. The minimum atomic E-state index is -0.485. The minimum absolute atomic E-state index is 0.0711.